The number of aryl methyl sites for hydroxylation is 1. The van der Waals surface area contributed by atoms with Gasteiger partial charge in [0.25, 0.3) is 0 Å². The number of esters is 1. The number of nitrogens with zero attached hydrogens (tertiary/aromatic N) is 3. The van der Waals surface area contributed by atoms with Crippen LogP contribution in [0.4, 0.5) is 10.5 Å². The van der Waals surface area contributed by atoms with E-state index < -0.39 is 5.97 Å². The number of anilines is 1. The minimum atomic E-state index is -0.415. The van der Waals surface area contributed by atoms with Crippen molar-refractivity contribution in [1.82, 2.24) is 14.4 Å². The predicted octanol–water partition coefficient (Wildman–Crippen LogP) is 3.37. The van der Waals surface area contributed by atoms with Crippen molar-refractivity contribution in [3.63, 3.8) is 0 Å². The Morgan fingerprint density at radius 2 is 1.79 bits per heavy atom. The van der Waals surface area contributed by atoms with Crippen LogP contribution >= 0.6 is 0 Å². The average molecular weight is 473 g/mol. The number of aromatic nitrogens is 1. The molecule has 1 N–H and O–H groups in total. The molecule has 0 unspecified atom stereocenters. The molecule has 0 bridgehead atoms. The number of carbonyl (C=O) groups is 3. The monoisotopic (exact) mass is 472 g/mol. The number of hydrogen-bond acceptors (Lipinski definition) is 5. The maximum atomic E-state index is 13.2. The molecule has 9 nitrogen and oxygen atoms in total. The van der Waals surface area contributed by atoms with Gasteiger partial charge in [0.15, 0.2) is 0 Å². The summed E-state index contributed by atoms with van der Waals surface area (Å²) < 4.78 is 12.1. The molecule has 0 saturated carbocycles. The summed E-state index contributed by atoms with van der Waals surface area (Å²) in [6.07, 6.45) is 1.93. The number of rotatable bonds is 12. The Kier molecular flexibility index (Phi) is 10.6. The van der Waals surface area contributed by atoms with E-state index in [4.69, 9.17) is 9.47 Å². The highest BCUT2D eigenvalue weighted by molar-refractivity contribution is 5.94. The van der Waals surface area contributed by atoms with Gasteiger partial charge in [-0.15, -0.1) is 0 Å². The van der Waals surface area contributed by atoms with Crippen LogP contribution in [0, 0.1) is 5.92 Å². The summed E-state index contributed by atoms with van der Waals surface area (Å²) in [6, 6.07) is 9.98. The SMILES string of the molecule is CCOC(=O)c1ccc(NC(=O)N(CC(=O)N(CCOC)Cc2cccn2C)CC(C)C)cc1. The van der Waals surface area contributed by atoms with E-state index in [1.54, 1.807) is 43.2 Å². The molecule has 0 radical (unpaired) electrons. The molecule has 0 atom stereocenters. The molecule has 0 fully saturated rings. The zero-order chi connectivity index (χ0) is 25.1. The summed E-state index contributed by atoms with van der Waals surface area (Å²) in [4.78, 5) is 41.3. The van der Waals surface area contributed by atoms with Gasteiger partial charge in [0, 0.05) is 44.8 Å². The topological polar surface area (TPSA) is 93.1 Å². The van der Waals surface area contributed by atoms with Gasteiger partial charge in [0.1, 0.15) is 6.54 Å². The zero-order valence-electron chi connectivity index (χ0n) is 20.7. The molecule has 186 valence electrons. The van der Waals surface area contributed by atoms with Crippen molar-refractivity contribution >= 4 is 23.6 Å². The summed E-state index contributed by atoms with van der Waals surface area (Å²) in [5.41, 5.74) is 1.92. The Morgan fingerprint density at radius 1 is 1.09 bits per heavy atom. The van der Waals surface area contributed by atoms with Crippen LogP contribution in [-0.4, -0.2) is 72.2 Å². The molecular weight excluding hydrogens is 436 g/mol. The molecule has 1 heterocycles. The van der Waals surface area contributed by atoms with Crippen LogP contribution in [0.25, 0.3) is 0 Å². The lowest BCUT2D eigenvalue weighted by Gasteiger charge is -2.29. The molecule has 1 aromatic heterocycles. The van der Waals surface area contributed by atoms with Crippen molar-refractivity contribution in [1.29, 1.82) is 0 Å². The predicted molar refractivity (Wildman–Crippen MR) is 131 cm³/mol. The minimum Gasteiger partial charge on any atom is -0.462 e. The zero-order valence-corrected chi connectivity index (χ0v) is 20.7. The number of carbonyl (C=O) groups excluding carboxylic acids is 3. The first-order valence-electron chi connectivity index (χ1n) is 11.4. The van der Waals surface area contributed by atoms with Crippen molar-refractivity contribution in [3.8, 4) is 0 Å². The van der Waals surface area contributed by atoms with Crippen molar-refractivity contribution in [2.45, 2.75) is 27.3 Å². The molecule has 2 rings (SSSR count). The number of urea groups is 1. The third-order valence-electron chi connectivity index (χ3n) is 5.17. The average Bonchev–Trinajstić information content (AvgIpc) is 3.20. The maximum absolute atomic E-state index is 13.2. The first kappa shape index (κ1) is 26.9. The molecule has 9 heteroatoms. The molecule has 2 aromatic rings. The van der Waals surface area contributed by atoms with Crippen LogP contribution in [0.3, 0.4) is 0 Å². The van der Waals surface area contributed by atoms with Gasteiger partial charge in [-0.2, -0.15) is 0 Å². The molecule has 0 spiro atoms. The fourth-order valence-corrected chi connectivity index (χ4v) is 3.38. The van der Waals surface area contributed by atoms with Crippen LogP contribution in [-0.2, 0) is 27.9 Å². The van der Waals surface area contributed by atoms with Gasteiger partial charge in [-0.25, -0.2) is 9.59 Å². The van der Waals surface area contributed by atoms with Crippen molar-refractivity contribution in [2.75, 3.05) is 45.3 Å². The molecular formula is C25H36N4O5. The van der Waals surface area contributed by atoms with E-state index >= 15 is 0 Å². The number of nitrogens with one attached hydrogen (secondary N) is 1. The Labute approximate surface area is 201 Å². The molecule has 0 aliphatic rings. The molecule has 3 amide bonds. The van der Waals surface area contributed by atoms with E-state index in [0.29, 0.717) is 44.1 Å². The molecule has 34 heavy (non-hydrogen) atoms. The van der Waals surface area contributed by atoms with Gasteiger partial charge in [-0.05, 0) is 49.2 Å². The van der Waals surface area contributed by atoms with Crippen LogP contribution < -0.4 is 5.32 Å². The van der Waals surface area contributed by atoms with Gasteiger partial charge >= 0.3 is 12.0 Å². The van der Waals surface area contributed by atoms with Crippen molar-refractivity contribution in [3.05, 3.63) is 53.9 Å². The first-order chi connectivity index (χ1) is 16.2. The lowest BCUT2D eigenvalue weighted by Crippen LogP contribution is -2.46. The Hall–Kier alpha value is -3.33. The second kappa shape index (κ2) is 13.4. The third-order valence-corrected chi connectivity index (χ3v) is 5.17. The summed E-state index contributed by atoms with van der Waals surface area (Å²) in [7, 11) is 3.52. The smallest absolute Gasteiger partial charge is 0.338 e. The maximum Gasteiger partial charge on any atom is 0.338 e. The first-order valence-corrected chi connectivity index (χ1v) is 11.4. The molecule has 0 aliphatic carbocycles. The highest BCUT2D eigenvalue weighted by atomic mass is 16.5. The van der Waals surface area contributed by atoms with Gasteiger partial charge in [-0.3, -0.25) is 4.79 Å². The number of ether oxygens (including phenoxy) is 2. The van der Waals surface area contributed by atoms with E-state index in [1.807, 2.05) is 43.8 Å². The van der Waals surface area contributed by atoms with Crippen LogP contribution in [0.1, 0.15) is 36.8 Å². The van der Waals surface area contributed by atoms with Gasteiger partial charge < -0.3 is 29.2 Å². The summed E-state index contributed by atoms with van der Waals surface area (Å²) in [5.74, 6) is -0.404. The quantitative estimate of drug-likeness (QED) is 0.478. The summed E-state index contributed by atoms with van der Waals surface area (Å²) in [6.45, 7) is 7.63. The Morgan fingerprint density at radius 3 is 2.35 bits per heavy atom. The number of amides is 3. The van der Waals surface area contributed by atoms with Crippen LogP contribution in [0.15, 0.2) is 42.6 Å². The van der Waals surface area contributed by atoms with Crippen molar-refractivity contribution in [2.24, 2.45) is 13.0 Å². The lowest BCUT2D eigenvalue weighted by atomic mass is 10.2. The standard InChI is InChI=1S/C25H36N4O5/c1-6-34-24(31)20-9-11-21(12-10-20)26-25(32)29(16-19(2)3)18-23(30)28(14-15-33-5)17-22-8-7-13-27(22)4/h7-13,19H,6,14-18H2,1-5H3,(H,26,32). The minimum absolute atomic E-state index is 0.0565. The van der Waals surface area contributed by atoms with Crippen LogP contribution in [0.2, 0.25) is 0 Å². The van der Waals surface area contributed by atoms with Crippen LogP contribution in [0.5, 0.6) is 0 Å². The molecule has 1 aromatic carbocycles. The third kappa shape index (κ3) is 8.22. The Bertz CT molecular complexity index is 939. The van der Waals surface area contributed by atoms with Crippen molar-refractivity contribution < 1.29 is 23.9 Å². The van der Waals surface area contributed by atoms with E-state index in [0.717, 1.165) is 5.69 Å². The number of benzene rings is 1. The fourth-order valence-electron chi connectivity index (χ4n) is 3.38. The highest BCUT2D eigenvalue weighted by Crippen LogP contribution is 2.13. The Balaban J connectivity index is 2.10. The highest BCUT2D eigenvalue weighted by Gasteiger charge is 2.23. The second-order valence-corrected chi connectivity index (χ2v) is 8.42. The summed E-state index contributed by atoms with van der Waals surface area (Å²) in [5, 5.41) is 2.82. The molecule has 0 aliphatic heterocycles. The van der Waals surface area contributed by atoms with Gasteiger partial charge in [-0.1, -0.05) is 13.8 Å². The largest absolute Gasteiger partial charge is 0.462 e. The van der Waals surface area contributed by atoms with E-state index in [-0.39, 0.29) is 24.4 Å². The number of methoxy groups -OCH3 is 1. The van der Waals surface area contributed by atoms with Gasteiger partial charge in [0.05, 0.1) is 25.3 Å². The fraction of sp³-hybridized carbons (Fsp3) is 0.480. The van der Waals surface area contributed by atoms with E-state index in [9.17, 15) is 14.4 Å². The van der Waals surface area contributed by atoms with E-state index in [1.165, 1.54) is 4.90 Å². The molecule has 0 saturated heterocycles. The van der Waals surface area contributed by atoms with E-state index in [2.05, 4.69) is 5.32 Å². The number of hydrogen-bond donors (Lipinski definition) is 1. The summed E-state index contributed by atoms with van der Waals surface area (Å²) >= 11 is 0. The second-order valence-electron chi connectivity index (χ2n) is 8.42. The normalized spacial score (nSPS) is 10.8. The lowest BCUT2D eigenvalue weighted by molar-refractivity contribution is -0.133. The van der Waals surface area contributed by atoms with Gasteiger partial charge in [0.2, 0.25) is 5.91 Å².